The van der Waals surface area contributed by atoms with Crippen LogP contribution in [-0.2, 0) is 9.59 Å². The quantitative estimate of drug-likeness (QED) is 0.498. The smallest absolute Gasteiger partial charge is 0.373 e. The van der Waals surface area contributed by atoms with Crippen LogP contribution in [0, 0.1) is 6.92 Å². The van der Waals surface area contributed by atoms with Gasteiger partial charge in [-0.3, -0.25) is 0 Å². The Morgan fingerprint density at radius 3 is 2.22 bits per heavy atom. The summed E-state index contributed by atoms with van der Waals surface area (Å²) >= 11 is 0. The fraction of sp³-hybridized carbons (Fsp3) is 0.0500. The SMILES string of the molecule is Cc1c(-c2cc3ccccc3o2)ccc2ccccc12.O=C=O. The highest BCUT2D eigenvalue weighted by Gasteiger charge is 2.10. The Morgan fingerprint density at radius 1 is 0.826 bits per heavy atom. The van der Waals surface area contributed by atoms with E-state index in [1.165, 1.54) is 21.9 Å². The molecule has 23 heavy (non-hydrogen) atoms. The molecule has 0 spiro atoms. The minimum Gasteiger partial charge on any atom is -0.456 e. The molecule has 0 saturated heterocycles. The fourth-order valence-corrected chi connectivity index (χ4v) is 2.81. The summed E-state index contributed by atoms with van der Waals surface area (Å²) in [6, 6.07) is 23.0. The van der Waals surface area contributed by atoms with Gasteiger partial charge in [0.15, 0.2) is 0 Å². The monoisotopic (exact) mass is 302 g/mol. The van der Waals surface area contributed by atoms with Crippen LogP contribution in [0.1, 0.15) is 5.56 Å². The molecule has 3 aromatic carbocycles. The maximum Gasteiger partial charge on any atom is 0.373 e. The zero-order valence-corrected chi connectivity index (χ0v) is 12.6. The average Bonchev–Trinajstić information content (AvgIpc) is 3.00. The van der Waals surface area contributed by atoms with Crippen molar-refractivity contribution in [2.45, 2.75) is 6.92 Å². The lowest BCUT2D eigenvalue weighted by Gasteiger charge is -2.07. The number of para-hydroxylation sites is 1. The van der Waals surface area contributed by atoms with Gasteiger partial charge in [0.2, 0.25) is 0 Å². The van der Waals surface area contributed by atoms with Gasteiger partial charge in [0.25, 0.3) is 0 Å². The highest BCUT2D eigenvalue weighted by atomic mass is 16.3. The first-order valence-corrected chi connectivity index (χ1v) is 7.21. The van der Waals surface area contributed by atoms with Gasteiger partial charge in [-0.05, 0) is 35.4 Å². The molecule has 0 atom stereocenters. The van der Waals surface area contributed by atoms with E-state index in [2.05, 4.69) is 55.5 Å². The molecule has 0 fully saturated rings. The zero-order chi connectivity index (χ0) is 16.2. The Bertz CT molecular complexity index is 973. The Hall–Kier alpha value is -3.16. The molecule has 1 heterocycles. The summed E-state index contributed by atoms with van der Waals surface area (Å²) in [4.78, 5) is 16.2. The van der Waals surface area contributed by atoms with Gasteiger partial charge >= 0.3 is 6.15 Å². The van der Waals surface area contributed by atoms with Crippen LogP contribution in [0.5, 0.6) is 0 Å². The molecule has 0 aliphatic carbocycles. The highest BCUT2D eigenvalue weighted by molar-refractivity contribution is 5.92. The van der Waals surface area contributed by atoms with Crippen LogP contribution < -0.4 is 0 Å². The Balaban J connectivity index is 0.000000485. The zero-order valence-electron chi connectivity index (χ0n) is 12.6. The van der Waals surface area contributed by atoms with Crippen molar-refractivity contribution in [3.63, 3.8) is 0 Å². The van der Waals surface area contributed by atoms with Crippen molar-refractivity contribution >= 4 is 27.9 Å². The van der Waals surface area contributed by atoms with Crippen molar-refractivity contribution < 1.29 is 14.0 Å². The number of aryl methyl sites for hydroxylation is 1. The van der Waals surface area contributed by atoms with E-state index in [0.29, 0.717) is 0 Å². The standard InChI is InChI=1S/C19H14O.CO2/c1-13-16-8-4-2-6-14(16)10-11-17(13)19-12-15-7-3-5-9-18(15)20-19;2-1-3/h2-12H,1H3;. The van der Waals surface area contributed by atoms with E-state index < -0.39 is 0 Å². The molecule has 0 radical (unpaired) electrons. The van der Waals surface area contributed by atoms with Gasteiger partial charge in [0.05, 0.1) is 0 Å². The summed E-state index contributed by atoms with van der Waals surface area (Å²) in [5.74, 6) is 0.939. The first kappa shape index (κ1) is 14.8. The summed E-state index contributed by atoms with van der Waals surface area (Å²) in [7, 11) is 0. The van der Waals surface area contributed by atoms with E-state index >= 15 is 0 Å². The van der Waals surface area contributed by atoms with Crippen LogP contribution in [-0.4, -0.2) is 6.15 Å². The van der Waals surface area contributed by atoms with Crippen molar-refractivity contribution in [2.75, 3.05) is 0 Å². The van der Waals surface area contributed by atoms with E-state index in [1.54, 1.807) is 0 Å². The van der Waals surface area contributed by atoms with Gasteiger partial charge in [0, 0.05) is 10.9 Å². The first-order chi connectivity index (χ1) is 11.2. The maximum absolute atomic E-state index is 8.12. The third kappa shape index (κ3) is 2.78. The highest BCUT2D eigenvalue weighted by Crippen LogP contribution is 2.33. The number of furan rings is 1. The average molecular weight is 302 g/mol. The van der Waals surface area contributed by atoms with Gasteiger partial charge in [-0.25, -0.2) is 0 Å². The minimum absolute atomic E-state index is 0.250. The Kier molecular flexibility index (Phi) is 4.05. The second kappa shape index (κ2) is 6.30. The molecule has 0 aliphatic heterocycles. The van der Waals surface area contributed by atoms with E-state index in [-0.39, 0.29) is 6.15 Å². The molecule has 3 nitrogen and oxygen atoms in total. The van der Waals surface area contributed by atoms with Crippen molar-refractivity contribution in [1.82, 2.24) is 0 Å². The summed E-state index contributed by atoms with van der Waals surface area (Å²) in [6.45, 7) is 2.16. The van der Waals surface area contributed by atoms with E-state index in [1.807, 2.05) is 18.2 Å². The number of rotatable bonds is 1. The second-order valence-corrected chi connectivity index (χ2v) is 5.19. The summed E-state index contributed by atoms with van der Waals surface area (Å²) in [5.41, 5.74) is 3.37. The van der Waals surface area contributed by atoms with Crippen LogP contribution in [0.3, 0.4) is 0 Å². The molecule has 0 saturated carbocycles. The molecule has 4 rings (SSSR count). The van der Waals surface area contributed by atoms with Crippen molar-refractivity contribution in [3.05, 3.63) is 72.3 Å². The van der Waals surface area contributed by atoms with Crippen LogP contribution in [0.25, 0.3) is 33.1 Å². The third-order valence-electron chi connectivity index (χ3n) is 3.89. The molecule has 0 N–H and O–H groups in total. The van der Waals surface area contributed by atoms with E-state index in [9.17, 15) is 0 Å². The predicted octanol–water partition coefficient (Wildman–Crippen LogP) is 4.98. The summed E-state index contributed by atoms with van der Waals surface area (Å²) in [6.07, 6.45) is 0.250. The maximum atomic E-state index is 8.12. The number of benzene rings is 3. The molecule has 0 bridgehead atoms. The molecular formula is C20H14O3. The fourth-order valence-electron chi connectivity index (χ4n) is 2.81. The number of carbonyl (C=O) groups excluding carboxylic acids is 2. The number of hydrogen-bond donors (Lipinski definition) is 0. The Morgan fingerprint density at radius 2 is 1.48 bits per heavy atom. The lowest BCUT2D eigenvalue weighted by molar-refractivity contribution is -0.191. The van der Waals surface area contributed by atoms with Crippen LogP contribution >= 0.6 is 0 Å². The molecule has 1 aromatic heterocycles. The van der Waals surface area contributed by atoms with Gasteiger partial charge in [-0.1, -0.05) is 54.6 Å². The molecule has 112 valence electrons. The van der Waals surface area contributed by atoms with Crippen LogP contribution in [0.4, 0.5) is 0 Å². The van der Waals surface area contributed by atoms with E-state index in [4.69, 9.17) is 14.0 Å². The van der Waals surface area contributed by atoms with Gasteiger partial charge in [0.1, 0.15) is 11.3 Å². The van der Waals surface area contributed by atoms with Crippen molar-refractivity contribution in [2.24, 2.45) is 0 Å². The minimum atomic E-state index is 0.250. The summed E-state index contributed by atoms with van der Waals surface area (Å²) < 4.78 is 5.98. The third-order valence-corrected chi connectivity index (χ3v) is 3.89. The first-order valence-electron chi connectivity index (χ1n) is 7.21. The Labute approximate surface area is 133 Å². The van der Waals surface area contributed by atoms with Crippen LogP contribution in [0.15, 0.2) is 71.1 Å². The van der Waals surface area contributed by atoms with Gasteiger partial charge in [-0.2, -0.15) is 9.59 Å². The van der Waals surface area contributed by atoms with E-state index in [0.717, 1.165) is 16.7 Å². The summed E-state index contributed by atoms with van der Waals surface area (Å²) in [5, 5.41) is 3.70. The topological polar surface area (TPSA) is 47.3 Å². The van der Waals surface area contributed by atoms with Crippen molar-refractivity contribution in [1.29, 1.82) is 0 Å². The van der Waals surface area contributed by atoms with Crippen LogP contribution in [0.2, 0.25) is 0 Å². The predicted molar refractivity (Wildman–Crippen MR) is 88.9 cm³/mol. The number of hydrogen-bond acceptors (Lipinski definition) is 3. The second-order valence-electron chi connectivity index (χ2n) is 5.19. The lowest BCUT2D eigenvalue weighted by atomic mass is 9.98. The lowest BCUT2D eigenvalue weighted by Crippen LogP contribution is -1.83. The molecule has 0 amide bonds. The normalized spacial score (nSPS) is 10.1. The molecule has 4 aromatic rings. The molecule has 0 aliphatic rings. The molecule has 0 unspecified atom stereocenters. The number of fused-ring (bicyclic) bond motifs is 2. The van der Waals surface area contributed by atoms with Gasteiger partial charge < -0.3 is 4.42 Å². The molecule has 3 heteroatoms. The van der Waals surface area contributed by atoms with Crippen molar-refractivity contribution in [3.8, 4) is 11.3 Å². The van der Waals surface area contributed by atoms with Gasteiger partial charge in [-0.15, -0.1) is 0 Å². The molecular weight excluding hydrogens is 288 g/mol. The largest absolute Gasteiger partial charge is 0.456 e.